The molecule has 1 amide bonds. The second-order valence-electron chi connectivity index (χ2n) is 6.85. The maximum absolute atomic E-state index is 12.8. The van der Waals surface area contributed by atoms with E-state index in [1.165, 1.54) is 12.1 Å². The van der Waals surface area contributed by atoms with Crippen LogP contribution >= 0.6 is 0 Å². The highest BCUT2D eigenvalue weighted by atomic mass is 32.2. The quantitative estimate of drug-likeness (QED) is 0.842. The summed E-state index contributed by atoms with van der Waals surface area (Å²) in [7, 11) is -3.49. The van der Waals surface area contributed by atoms with E-state index in [1.807, 2.05) is 24.3 Å². The highest BCUT2D eigenvalue weighted by Gasteiger charge is 2.25. The lowest BCUT2D eigenvalue weighted by molar-refractivity contribution is 0.102. The van der Waals surface area contributed by atoms with Crippen LogP contribution in [0.2, 0.25) is 0 Å². The number of rotatable bonds is 5. The molecular formula is C21H26N2O3S. The first kappa shape index (κ1) is 19.6. The van der Waals surface area contributed by atoms with E-state index in [1.54, 1.807) is 16.4 Å². The molecule has 0 spiro atoms. The van der Waals surface area contributed by atoms with Gasteiger partial charge in [-0.05, 0) is 61.2 Å². The molecule has 1 fully saturated rings. The second kappa shape index (κ2) is 8.67. The molecule has 0 atom stereocenters. The Kier molecular flexibility index (Phi) is 6.29. The van der Waals surface area contributed by atoms with E-state index in [0.29, 0.717) is 18.7 Å². The van der Waals surface area contributed by atoms with Gasteiger partial charge in [-0.2, -0.15) is 4.31 Å². The molecule has 2 aromatic rings. The molecule has 1 saturated heterocycles. The van der Waals surface area contributed by atoms with Gasteiger partial charge in [0.25, 0.3) is 5.91 Å². The lowest BCUT2D eigenvalue weighted by Gasteiger charge is -2.20. The molecule has 0 radical (unpaired) electrons. The van der Waals surface area contributed by atoms with E-state index in [0.717, 1.165) is 43.4 Å². The van der Waals surface area contributed by atoms with E-state index >= 15 is 0 Å². The Morgan fingerprint density at radius 3 is 2.30 bits per heavy atom. The largest absolute Gasteiger partial charge is 0.322 e. The van der Waals surface area contributed by atoms with E-state index in [4.69, 9.17) is 0 Å². The predicted octanol–water partition coefficient (Wildman–Crippen LogP) is 4.07. The van der Waals surface area contributed by atoms with Crippen molar-refractivity contribution in [1.29, 1.82) is 0 Å². The third-order valence-corrected chi connectivity index (χ3v) is 6.83. The molecule has 0 bridgehead atoms. The van der Waals surface area contributed by atoms with Gasteiger partial charge in [-0.25, -0.2) is 8.42 Å². The average molecular weight is 387 g/mol. The molecule has 1 N–H and O–H groups in total. The monoisotopic (exact) mass is 386 g/mol. The number of anilines is 1. The summed E-state index contributed by atoms with van der Waals surface area (Å²) in [6.45, 7) is 3.20. The maximum Gasteiger partial charge on any atom is 0.255 e. The highest BCUT2D eigenvalue weighted by Crippen LogP contribution is 2.21. The number of sulfonamides is 1. The van der Waals surface area contributed by atoms with Crippen LogP contribution in [0.25, 0.3) is 0 Å². The number of nitrogens with one attached hydrogen (secondary N) is 1. The Morgan fingerprint density at radius 2 is 1.67 bits per heavy atom. The number of nitrogens with zero attached hydrogens (tertiary/aromatic N) is 1. The molecular weight excluding hydrogens is 360 g/mol. The van der Waals surface area contributed by atoms with Gasteiger partial charge in [0.05, 0.1) is 4.90 Å². The summed E-state index contributed by atoms with van der Waals surface area (Å²) < 4.78 is 27.2. The van der Waals surface area contributed by atoms with Crippen molar-refractivity contribution in [3.8, 4) is 0 Å². The number of benzene rings is 2. The zero-order chi connectivity index (χ0) is 19.3. The molecule has 0 saturated carbocycles. The summed E-state index contributed by atoms with van der Waals surface area (Å²) in [6, 6.07) is 13.9. The normalized spacial score (nSPS) is 15.9. The van der Waals surface area contributed by atoms with Gasteiger partial charge in [0, 0.05) is 24.3 Å². The summed E-state index contributed by atoms with van der Waals surface area (Å²) in [4.78, 5) is 12.7. The minimum Gasteiger partial charge on any atom is -0.322 e. The SMILES string of the molecule is CCc1cccc(NC(=O)c2ccc(S(=O)(=O)N3CCCCCC3)cc2)c1. The number of amides is 1. The molecule has 27 heavy (non-hydrogen) atoms. The van der Waals surface area contributed by atoms with Crippen molar-refractivity contribution in [3.63, 3.8) is 0 Å². The van der Waals surface area contributed by atoms with Crippen LogP contribution < -0.4 is 5.32 Å². The third kappa shape index (κ3) is 4.76. The van der Waals surface area contributed by atoms with Crippen molar-refractivity contribution in [1.82, 2.24) is 4.31 Å². The molecule has 0 unspecified atom stereocenters. The van der Waals surface area contributed by atoms with Gasteiger partial charge in [0.2, 0.25) is 10.0 Å². The minimum atomic E-state index is -3.49. The van der Waals surface area contributed by atoms with E-state index in [9.17, 15) is 13.2 Å². The van der Waals surface area contributed by atoms with Gasteiger partial charge in [0.1, 0.15) is 0 Å². The summed E-state index contributed by atoms with van der Waals surface area (Å²) in [5.41, 5.74) is 2.32. The van der Waals surface area contributed by atoms with Crippen LogP contribution in [0.15, 0.2) is 53.4 Å². The van der Waals surface area contributed by atoms with Crippen LogP contribution in [0, 0.1) is 0 Å². The van der Waals surface area contributed by atoms with E-state index in [2.05, 4.69) is 12.2 Å². The number of carbonyl (C=O) groups is 1. The van der Waals surface area contributed by atoms with Gasteiger partial charge in [-0.3, -0.25) is 4.79 Å². The molecule has 0 aliphatic carbocycles. The summed E-state index contributed by atoms with van der Waals surface area (Å²) in [5, 5.41) is 2.86. The fourth-order valence-electron chi connectivity index (χ4n) is 3.28. The standard InChI is InChI=1S/C21H26N2O3S/c1-2-17-8-7-9-19(16-17)22-21(24)18-10-12-20(13-11-18)27(25,26)23-14-5-3-4-6-15-23/h7-13,16H,2-6,14-15H2,1H3,(H,22,24). The molecule has 6 heteroatoms. The van der Waals surface area contributed by atoms with Crippen molar-refractivity contribution < 1.29 is 13.2 Å². The molecule has 0 aromatic heterocycles. The molecule has 2 aromatic carbocycles. The number of carbonyl (C=O) groups excluding carboxylic acids is 1. The van der Waals surface area contributed by atoms with Crippen LogP contribution in [-0.4, -0.2) is 31.7 Å². The summed E-state index contributed by atoms with van der Waals surface area (Å²) in [6.07, 6.45) is 4.84. The van der Waals surface area contributed by atoms with E-state index in [-0.39, 0.29) is 10.8 Å². The van der Waals surface area contributed by atoms with Crippen LogP contribution in [0.3, 0.4) is 0 Å². The number of hydrogen-bond donors (Lipinski definition) is 1. The van der Waals surface area contributed by atoms with Gasteiger partial charge < -0.3 is 5.32 Å². The molecule has 3 rings (SSSR count). The van der Waals surface area contributed by atoms with Crippen molar-refractivity contribution in [3.05, 3.63) is 59.7 Å². The second-order valence-corrected chi connectivity index (χ2v) is 8.79. The van der Waals surface area contributed by atoms with Gasteiger partial charge in [-0.15, -0.1) is 0 Å². The predicted molar refractivity (Wildman–Crippen MR) is 107 cm³/mol. The van der Waals surface area contributed by atoms with Crippen LogP contribution in [-0.2, 0) is 16.4 Å². The third-order valence-electron chi connectivity index (χ3n) is 4.91. The Labute approximate surface area is 161 Å². The van der Waals surface area contributed by atoms with Crippen LogP contribution in [0.1, 0.15) is 48.5 Å². The molecule has 1 heterocycles. The van der Waals surface area contributed by atoms with Crippen molar-refractivity contribution in [2.45, 2.75) is 43.9 Å². The van der Waals surface area contributed by atoms with E-state index < -0.39 is 10.0 Å². The molecule has 144 valence electrons. The number of aryl methyl sites for hydroxylation is 1. The topological polar surface area (TPSA) is 66.5 Å². The van der Waals surface area contributed by atoms with Gasteiger partial charge >= 0.3 is 0 Å². The van der Waals surface area contributed by atoms with Gasteiger partial charge in [-0.1, -0.05) is 31.9 Å². The smallest absolute Gasteiger partial charge is 0.255 e. The first-order valence-electron chi connectivity index (χ1n) is 9.51. The zero-order valence-corrected chi connectivity index (χ0v) is 16.5. The average Bonchev–Trinajstić information content (AvgIpc) is 2.98. The first-order valence-corrected chi connectivity index (χ1v) is 11.0. The van der Waals surface area contributed by atoms with Gasteiger partial charge in [0.15, 0.2) is 0 Å². The van der Waals surface area contributed by atoms with Crippen LogP contribution in [0.4, 0.5) is 5.69 Å². The molecule has 1 aliphatic rings. The zero-order valence-electron chi connectivity index (χ0n) is 15.6. The van der Waals surface area contributed by atoms with Crippen LogP contribution in [0.5, 0.6) is 0 Å². The number of hydrogen-bond acceptors (Lipinski definition) is 3. The maximum atomic E-state index is 12.8. The summed E-state index contributed by atoms with van der Waals surface area (Å²) in [5.74, 6) is -0.248. The molecule has 5 nitrogen and oxygen atoms in total. The molecule has 1 aliphatic heterocycles. The Morgan fingerprint density at radius 1 is 1.00 bits per heavy atom. The van der Waals surface area contributed by atoms with Crippen molar-refractivity contribution in [2.24, 2.45) is 0 Å². The lowest BCUT2D eigenvalue weighted by Crippen LogP contribution is -2.31. The Bertz CT molecular complexity index is 884. The Hall–Kier alpha value is -2.18. The summed E-state index contributed by atoms with van der Waals surface area (Å²) >= 11 is 0. The fraction of sp³-hybridized carbons (Fsp3) is 0.381. The Balaban J connectivity index is 1.73. The minimum absolute atomic E-state index is 0.244. The highest BCUT2D eigenvalue weighted by molar-refractivity contribution is 7.89. The van der Waals surface area contributed by atoms with Crippen molar-refractivity contribution >= 4 is 21.6 Å². The fourth-order valence-corrected chi connectivity index (χ4v) is 4.80. The lowest BCUT2D eigenvalue weighted by atomic mass is 10.1. The first-order chi connectivity index (χ1) is 13.0. The van der Waals surface area contributed by atoms with Crippen molar-refractivity contribution in [2.75, 3.05) is 18.4 Å².